The summed E-state index contributed by atoms with van der Waals surface area (Å²) in [5, 5.41) is 0. The van der Waals surface area contributed by atoms with Crippen molar-refractivity contribution in [3.63, 3.8) is 0 Å². The molecule has 0 aliphatic heterocycles. The first-order valence-corrected chi connectivity index (χ1v) is 4.89. The van der Waals surface area contributed by atoms with Crippen molar-refractivity contribution in [2.45, 2.75) is 27.7 Å². The fraction of sp³-hybridized carbons (Fsp3) is 0.333. The lowest BCUT2D eigenvalue weighted by Gasteiger charge is -2.12. The molecule has 1 rings (SSSR count). The second-order valence-corrected chi connectivity index (χ2v) is 3.52. The average molecular weight is 222 g/mol. The number of esters is 2. The van der Waals surface area contributed by atoms with Gasteiger partial charge in [0.25, 0.3) is 0 Å². The largest absolute Gasteiger partial charge is 0.423 e. The van der Waals surface area contributed by atoms with Gasteiger partial charge in [0.05, 0.1) is 0 Å². The van der Waals surface area contributed by atoms with E-state index in [2.05, 4.69) is 0 Å². The average Bonchev–Trinajstić information content (AvgIpc) is 2.16. The molecule has 1 aromatic carbocycles. The molecular formula is C12H14O4. The molecule has 0 saturated carbocycles. The highest BCUT2D eigenvalue weighted by Crippen LogP contribution is 2.33. The number of carbonyl (C=O) groups is 2. The van der Waals surface area contributed by atoms with Crippen LogP contribution in [-0.4, -0.2) is 11.9 Å². The van der Waals surface area contributed by atoms with Crippen LogP contribution in [0, 0.1) is 13.8 Å². The first-order valence-electron chi connectivity index (χ1n) is 4.89. The second-order valence-electron chi connectivity index (χ2n) is 3.52. The van der Waals surface area contributed by atoms with Gasteiger partial charge in [-0.25, -0.2) is 0 Å². The standard InChI is InChI=1S/C12H14O4/c1-7-5-6-11(15-9(3)13)12(8(7)2)16-10(4)14/h5-6H,1-4H3. The molecule has 0 bridgehead atoms. The zero-order chi connectivity index (χ0) is 12.3. The lowest BCUT2D eigenvalue weighted by Crippen LogP contribution is -2.08. The summed E-state index contributed by atoms with van der Waals surface area (Å²) < 4.78 is 10.0. The molecule has 4 nitrogen and oxygen atoms in total. The first kappa shape index (κ1) is 12.2. The highest BCUT2D eigenvalue weighted by Gasteiger charge is 2.14. The van der Waals surface area contributed by atoms with E-state index >= 15 is 0 Å². The molecule has 4 heteroatoms. The van der Waals surface area contributed by atoms with Crippen LogP contribution in [0.4, 0.5) is 0 Å². The van der Waals surface area contributed by atoms with Crippen molar-refractivity contribution in [1.29, 1.82) is 0 Å². The van der Waals surface area contributed by atoms with Crippen LogP contribution < -0.4 is 9.47 Å². The van der Waals surface area contributed by atoms with E-state index in [1.165, 1.54) is 13.8 Å². The molecule has 0 N–H and O–H groups in total. The zero-order valence-electron chi connectivity index (χ0n) is 9.79. The summed E-state index contributed by atoms with van der Waals surface area (Å²) in [4.78, 5) is 21.8. The fourth-order valence-electron chi connectivity index (χ4n) is 1.27. The van der Waals surface area contributed by atoms with E-state index in [-0.39, 0.29) is 5.75 Å². The molecular weight excluding hydrogens is 208 g/mol. The highest BCUT2D eigenvalue weighted by molar-refractivity contribution is 5.74. The van der Waals surface area contributed by atoms with Gasteiger partial charge in [-0.05, 0) is 31.0 Å². The minimum atomic E-state index is -0.448. The summed E-state index contributed by atoms with van der Waals surface area (Å²) >= 11 is 0. The summed E-state index contributed by atoms with van der Waals surface area (Å²) in [6, 6.07) is 3.42. The Balaban J connectivity index is 3.20. The van der Waals surface area contributed by atoms with Crippen molar-refractivity contribution in [3.8, 4) is 11.5 Å². The Labute approximate surface area is 94.2 Å². The van der Waals surface area contributed by atoms with Crippen LogP contribution in [0.15, 0.2) is 12.1 Å². The molecule has 0 atom stereocenters. The van der Waals surface area contributed by atoms with E-state index < -0.39 is 11.9 Å². The monoisotopic (exact) mass is 222 g/mol. The van der Waals surface area contributed by atoms with Crippen LogP contribution in [-0.2, 0) is 9.59 Å². The zero-order valence-corrected chi connectivity index (χ0v) is 9.79. The van der Waals surface area contributed by atoms with Crippen LogP contribution in [0.2, 0.25) is 0 Å². The minimum Gasteiger partial charge on any atom is -0.423 e. The molecule has 0 unspecified atom stereocenters. The molecule has 0 aliphatic carbocycles. The lowest BCUT2D eigenvalue weighted by atomic mass is 10.1. The SMILES string of the molecule is CC(=O)Oc1ccc(C)c(C)c1OC(C)=O. The quantitative estimate of drug-likeness (QED) is 0.568. The van der Waals surface area contributed by atoms with Gasteiger partial charge in [-0.15, -0.1) is 0 Å². The molecule has 0 fully saturated rings. The van der Waals surface area contributed by atoms with Crippen molar-refractivity contribution in [1.82, 2.24) is 0 Å². The van der Waals surface area contributed by atoms with Crippen molar-refractivity contribution in [3.05, 3.63) is 23.3 Å². The Hall–Kier alpha value is -1.84. The van der Waals surface area contributed by atoms with Gasteiger partial charge in [-0.2, -0.15) is 0 Å². The molecule has 0 heterocycles. The number of carbonyl (C=O) groups excluding carboxylic acids is 2. The van der Waals surface area contributed by atoms with Gasteiger partial charge >= 0.3 is 11.9 Å². The van der Waals surface area contributed by atoms with Crippen LogP contribution in [0.25, 0.3) is 0 Å². The van der Waals surface area contributed by atoms with E-state index in [1.807, 2.05) is 6.92 Å². The second kappa shape index (κ2) is 4.79. The van der Waals surface area contributed by atoms with Gasteiger partial charge in [0.1, 0.15) is 0 Å². The Morgan fingerprint density at radius 1 is 1.00 bits per heavy atom. The van der Waals surface area contributed by atoms with Gasteiger partial charge in [0.2, 0.25) is 0 Å². The number of hydrogen-bond donors (Lipinski definition) is 0. The smallest absolute Gasteiger partial charge is 0.308 e. The Morgan fingerprint density at radius 2 is 1.56 bits per heavy atom. The van der Waals surface area contributed by atoms with Gasteiger partial charge in [0.15, 0.2) is 11.5 Å². The van der Waals surface area contributed by atoms with Crippen molar-refractivity contribution >= 4 is 11.9 Å². The maximum Gasteiger partial charge on any atom is 0.308 e. The fourth-order valence-corrected chi connectivity index (χ4v) is 1.27. The number of aryl methyl sites for hydroxylation is 1. The van der Waals surface area contributed by atoms with Crippen LogP contribution in [0.5, 0.6) is 11.5 Å². The van der Waals surface area contributed by atoms with E-state index in [4.69, 9.17) is 9.47 Å². The predicted molar refractivity (Wildman–Crippen MR) is 58.5 cm³/mol. The Morgan fingerprint density at radius 3 is 2.06 bits per heavy atom. The predicted octanol–water partition coefficient (Wildman–Crippen LogP) is 2.15. The summed E-state index contributed by atoms with van der Waals surface area (Å²) in [7, 11) is 0. The molecule has 0 amide bonds. The third-order valence-corrected chi connectivity index (χ3v) is 2.14. The van der Waals surface area contributed by atoms with E-state index in [9.17, 15) is 9.59 Å². The Bertz CT molecular complexity index is 435. The van der Waals surface area contributed by atoms with Gasteiger partial charge in [-0.1, -0.05) is 6.07 Å². The summed E-state index contributed by atoms with van der Waals surface area (Å²) in [5.41, 5.74) is 1.75. The summed E-state index contributed by atoms with van der Waals surface area (Å²) in [5.74, 6) is -0.313. The maximum atomic E-state index is 11.0. The van der Waals surface area contributed by atoms with Gasteiger partial charge in [0, 0.05) is 13.8 Å². The molecule has 0 aliphatic rings. The van der Waals surface area contributed by atoms with E-state index in [1.54, 1.807) is 19.1 Å². The number of ether oxygens (including phenoxy) is 2. The molecule has 0 radical (unpaired) electrons. The topological polar surface area (TPSA) is 52.6 Å². The number of benzene rings is 1. The number of rotatable bonds is 2. The third kappa shape index (κ3) is 2.82. The number of hydrogen-bond acceptors (Lipinski definition) is 4. The third-order valence-electron chi connectivity index (χ3n) is 2.14. The highest BCUT2D eigenvalue weighted by atomic mass is 16.6. The molecule has 0 aromatic heterocycles. The molecule has 0 spiro atoms. The van der Waals surface area contributed by atoms with Crippen LogP contribution >= 0.6 is 0 Å². The maximum absolute atomic E-state index is 11.0. The summed E-state index contributed by atoms with van der Waals surface area (Å²) in [6.07, 6.45) is 0. The first-order chi connectivity index (χ1) is 7.41. The minimum absolute atomic E-state index is 0.269. The summed E-state index contributed by atoms with van der Waals surface area (Å²) in [6.45, 7) is 6.30. The molecule has 86 valence electrons. The van der Waals surface area contributed by atoms with E-state index in [0.29, 0.717) is 5.75 Å². The van der Waals surface area contributed by atoms with Gasteiger partial charge < -0.3 is 9.47 Å². The normalized spacial score (nSPS) is 9.75. The lowest BCUT2D eigenvalue weighted by molar-refractivity contribution is -0.134. The van der Waals surface area contributed by atoms with Crippen molar-refractivity contribution < 1.29 is 19.1 Å². The van der Waals surface area contributed by atoms with Crippen molar-refractivity contribution in [2.24, 2.45) is 0 Å². The van der Waals surface area contributed by atoms with Crippen LogP contribution in [0.1, 0.15) is 25.0 Å². The van der Waals surface area contributed by atoms with Crippen molar-refractivity contribution in [2.75, 3.05) is 0 Å². The molecule has 1 aromatic rings. The van der Waals surface area contributed by atoms with E-state index in [0.717, 1.165) is 11.1 Å². The molecule has 0 saturated heterocycles. The van der Waals surface area contributed by atoms with Gasteiger partial charge in [-0.3, -0.25) is 9.59 Å². The van der Waals surface area contributed by atoms with Crippen LogP contribution in [0.3, 0.4) is 0 Å². The molecule has 16 heavy (non-hydrogen) atoms. The Kier molecular flexibility index (Phi) is 3.66.